The highest BCUT2D eigenvalue weighted by atomic mass is 35.5. The topological polar surface area (TPSA) is 86.1 Å². The lowest BCUT2D eigenvalue weighted by Gasteiger charge is -2.11. The molecule has 35 heavy (non-hydrogen) atoms. The molecule has 0 spiro atoms. The highest BCUT2D eigenvalue weighted by Gasteiger charge is 2.16. The molecule has 4 aromatic rings. The van der Waals surface area contributed by atoms with Gasteiger partial charge in [-0.25, -0.2) is 0 Å². The fourth-order valence-corrected chi connectivity index (χ4v) is 4.28. The molecule has 1 amide bonds. The summed E-state index contributed by atoms with van der Waals surface area (Å²) in [6, 6.07) is 23.7. The molecule has 0 fully saturated rings. The third-order valence-corrected chi connectivity index (χ3v) is 6.21. The van der Waals surface area contributed by atoms with Crippen LogP contribution in [0, 0.1) is 0 Å². The van der Waals surface area contributed by atoms with E-state index in [1.165, 1.54) is 18.7 Å². The standard InChI is InChI=1S/C26H23ClN4O3S/c1-18(32)19-7-11-21(12-8-19)28-25(33)15-16-35-26-30-29-24(31(26)22-5-3-2-4-6-22)17-34-23-13-9-20(27)10-14-23/h2-14H,15-17H2,1H3,(H,28,33). The first-order valence-electron chi connectivity index (χ1n) is 10.9. The second-order valence-electron chi connectivity index (χ2n) is 7.59. The molecule has 0 atom stereocenters. The van der Waals surface area contributed by atoms with Crippen molar-refractivity contribution in [2.75, 3.05) is 11.1 Å². The second-order valence-corrected chi connectivity index (χ2v) is 9.09. The predicted molar refractivity (Wildman–Crippen MR) is 138 cm³/mol. The number of ketones is 1. The first-order chi connectivity index (χ1) is 17.0. The largest absolute Gasteiger partial charge is 0.486 e. The minimum atomic E-state index is -0.120. The monoisotopic (exact) mass is 506 g/mol. The maximum atomic E-state index is 12.4. The summed E-state index contributed by atoms with van der Waals surface area (Å²) in [6.07, 6.45) is 0.289. The number of nitrogens with zero attached hydrogens (tertiary/aromatic N) is 3. The van der Waals surface area contributed by atoms with Gasteiger partial charge in [-0.15, -0.1) is 10.2 Å². The fraction of sp³-hybridized carbons (Fsp3) is 0.154. The number of hydrogen-bond donors (Lipinski definition) is 1. The summed E-state index contributed by atoms with van der Waals surface area (Å²) >= 11 is 7.39. The number of benzene rings is 3. The lowest BCUT2D eigenvalue weighted by Crippen LogP contribution is -2.12. The Kier molecular flexibility index (Phi) is 8.18. The van der Waals surface area contributed by atoms with E-state index >= 15 is 0 Å². The Morgan fingerprint density at radius 2 is 1.69 bits per heavy atom. The van der Waals surface area contributed by atoms with E-state index in [2.05, 4.69) is 15.5 Å². The zero-order valence-electron chi connectivity index (χ0n) is 19.0. The fourth-order valence-electron chi connectivity index (χ4n) is 3.25. The van der Waals surface area contributed by atoms with Gasteiger partial charge in [0.05, 0.1) is 0 Å². The van der Waals surface area contributed by atoms with Gasteiger partial charge in [-0.05, 0) is 67.6 Å². The molecule has 0 bridgehead atoms. The summed E-state index contributed by atoms with van der Waals surface area (Å²) in [7, 11) is 0. The Bertz CT molecular complexity index is 1290. The number of rotatable bonds is 10. The van der Waals surface area contributed by atoms with Gasteiger partial charge in [0, 0.05) is 34.1 Å². The predicted octanol–water partition coefficient (Wildman–Crippen LogP) is 5.82. The molecule has 178 valence electrons. The van der Waals surface area contributed by atoms with Crippen LogP contribution < -0.4 is 10.1 Å². The molecule has 1 heterocycles. The zero-order valence-corrected chi connectivity index (χ0v) is 20.6. The third-order valence-electron chi connectivity index (χ3n) is 5.03. The minimum Gasteiger partial charge on any atom is -0.486 e. The summed E-state index contributed by atoms with van der Waals surface area (Å²) in [5.41, 5.74) is 2.17. The SMILES string of the molecule is CC(=O)c1ccc(NC(=O)CCSc2nnc(COc3ccc(Cl)cc3)n2-c2ccccc2)cc1. The quantitative estimate of drug-likeness (QED) is 0.215. The van der Waals surface area contributed by atoms with Crippen molar-refractivity contribution in [1.82, 2.24) is 14.8 Å². The molecule has 0 aliphatic rings. The Balaban J connectivity index is 1.39. The number of aromatic nitrogens is 3. The molecule has 4 rings (SSSR count). The van der Waals surface area contributed by atoms with E-state index in [4.69, 9.17) is 16.3 Å². The van der Waals surface area contributed by atoms with E-state index in [-0.39, 0.29) is 24.7 Å². The number of amides is 1. The zero-order chi connectivity index (χ0) is 24.6. The van der Waals surface area contributed by atoms with Crippen LogP contribution in [0.2, 0.25) is 5.02 Å². The number of halogens is 1. The van der Waals surface area contributed by atoms with Crippen LogP contribution in [0.15, 0.2) is 84.0 Å². The van der Waals surface area contributed by atoms with Gasteiger partial charge in [-0.2, -0.15) is 0 Å². The molecule has 7 nitrogen and oxygen atoms in total. The number of carbonyl (C=O) groups excluding carboxylic acids is 2. The Morgan fingerprint density at radius 3 is 2.37 bits per heavy atom. The number of carbonyl (C=O) groups is 2. The molecule has 0 aliphatic heterocycles. The van der Waals surface area contributed by atoms with Gasteiger partial charge >= 0.3 is 0 Å². The van der Waals surface area contributed by atoms with Gasteiger partial charge in [0.2, 0.25) is 5.91 Å². The van der Waals surface area contributed by atoms with Crippen LogP contribution in [0.3, 0.4) is 0 Å². The van der Waals surface area contributed by atoms with Gasteiger partial charge in [0.15, 0.2) is 16.8 Å². The first kappa shape index (κ1) is 24.5. The van der Waals surface area contributed by atoms with Crippen LogP contribution in [-0.2, 0) is 11.4 Å². The normalized spacial score (nSPS) is 10.7. The molecule has 0 unspecified atom stereocenters. The average Bonchev–Trinajstić information content (AvgIpc) is 3.27. The Hall–Kier alpha value is -3.62. The Labute approximate surface area is 212 Å². The van der Waals surface area contributed by atoms with E-state index in [0.717, 1.165) is 5.69 Å². The summed E-state index contributed by atoms with van der Waals surface area (Å²) in [4.78, 5) is 23.8. The van der Waals surface area contributed by atoms with Crippen molar-refractivity contribution in [3.63, 3.8) is 0 Å². The molecule has 3 aromatic carbocycles. The summed E-state index contributed by atoms with van der Waals surface area (Å²) < 4.78 is 7.81. The minimum absolute atomic E-state index is 0.0141. The number of Topliss-reactive ketones (excluding diaryl/α,β-unsaturated/α-hetero) is 1. The molecule has 1 aromatic heterocycles. The van der Waals surface area contributed by atoms with Crippen molar-refractivity contribution in [2.24, 2.45) is 0 Å². The van der Waals surface area contributed by atoms with Crippen LogP contribution in [0.25, 0.3) is 5.69 Å². The lowest BCUT2D eigenvalue weighted by molar-refractivity contribution is -0.115. The average molecular weight is 507 g/mol. The number of thioether (sulfide) groups is 1. The van der Waals surface area contributed by atoms with Gasteiger partial charge in [-0.1, -0.05) is 41.6 Å². The molecule has 9 heteroatoms. The Morgan fingerprint density at radius 1 is 0.971 bits per heavy atom. The van der Waals surface area contributed by atoms with E-state index in [1.54, 1.807) is 48.5 Å². The number of para-hydroxylation sites is 1. The highest BCUT2D eigenvalue weighted by Crippen LogP contribution is 2.24. The van der Waals surface area contributed by atoms with Crippen LogP contribution in [0.4, 0.5) is 5.69 Å². The van der Waals surface area contributed by atoms with Gasteiger partial charge in [-0.3, -0.25) is 14.2 Å². The number of hydrogen-bond acceptors (Lipinski definition) is 6. The van der Waals surface area contributed by atoms with Crippen molar-refractivity contribution in [2.45, 2.75) is 25.1 Å². The van der Waals surface area contributed by atoms with Crippen LogP contribution in [0.1, 0.15) is 29.5 Å². The smallest absolute Gasteiger partial charge is 0.225 e. The van der Waals surface area contributed by atoms with Gasteiger partial charge in [0.25, 0.3) is 0 Å². The van der Waals surface area contributed by atoms with Gasteiger partial charge < -0.3 is 10.1 Å². The van der Waals surface area contributed by atoms with E-state index in [9.17, 15) is 9.59 Å². The molecule has 1 N–H and O–H groups in total. The van der Waals surface area contributed by atoms with Crippen molar-refractivity contribution in [1.29, 1.82) is 0 Å². The first-order valence-corrected chi connectivity index (χ1v) is 12.3. The maximum absolute atomic E-state index is 12.4. The van der Waals surface area contributed by atoms with Crippen molar-refractivity contribution >= 4 is 40.7 Å². The molecule has 0 radical (unpaired) electrons. The van der Waals surface area contributed by atoms with Crippen LogP contribution in [0.5, 0.6) is 5.75 Å². The van der Waals surface area contributed by atoms with Crippen molar-refractivity contribution < 1.29 is 14.3 Å². The van der Waals surface area contributed by atoms with Crippen molar-refractivity contribution in [3.05, 3.63) is 95.3 Å². The van der Waals surface area contributed by atoms with E-state index < -0.39 is 0 Å². The van der Waals surface area contributed by atoms with Crippen LogP contribution >= 0.6 is 23.4 Å². The third kappa shape index (κ3) is 6.71. The molecule has 0 saturated heterocycles. The molecular weight excluding hydrogens is 484 g/mol. The maximum Gasteiger partial charge on any atom is 0.225 e. The van der Waals surface area contributed by atoms with E-state index in [1.807, 2.05) is 34.9 Å². The lowest BCUT2D eigenvalue weighted by atomic mass is 10.1. The number of nitrogens with one attached hydrogen (secondary N) is 1. The number of ether oxygens (including phenoxy) is 1. The number of anilines is 1. The van der Waals surface area contributed by atoms with Crippen LogP contribution in [-0.4, -0.2) is 32.2 Å². The second kappa shape index (κ2) is 11.7. The molecule has 0 saturated carbocycles. The molecular formula is C26H23ClN4O3S. The highest BCUT2D eigenvalue weighted by molar-refractivity contribution is 7.99. The molecule has 0 aliphatic carbocycles. The summed E-state index contributed by atoms with van der Waals surface area (Å²) in [5, 5.41) is 12.8. The summed E-state index contributed by atoms with van der Waals surface area (Å²) in [6.45, 7) is 1.73. The van der Waals surface area contributed by atoms with Crippen molar-refractivity contribution in [3.8, 4) is 11.4 Å². The summed E-state index contributed by atoms with van der Waals surface area (Å²) in [5.74, 6) is 1.70. The van der Waals surface area contributed by atoms with Gasteiger partial charge in [0.1, 0.15) is 12.4 Å². The van der Waals surface area contributed by atoms with E-state index in [0.29, 0.717) is 38.8 Å².